The highest BCUT2D eigenvalue weighted by Crippen LogP contribution is 2.28. The van der Waals surface area contributed by atoms with Crippen LogP contribution in [0.2, 0.25) is 0 Å². The second-order valence-electron chi connectivity index (χ2n) is 5.48. The SMILES string of the molecule is COC(=O)C(NC1CCCCCC1)c1ccc(Br)c(Br)c1. The average Bonchev–Trinajstić information content (AvgIpc) is 2.75. The first-order valence-corrected chi connectivity index (χ1v) is 8.99. The van der Waals surface area contributed by atoms with E-state index in [0.29, 0.717) is 6.04 Å². The Bertz CT molecular complexity index is 485. The van der Waals surface area contributed by atoms with Gasteiger partial charge in [0.15, 0.2) is 0 Å². The van der Waals surface area contributed by atoms with Crippen molar-refractivity contribution in [3.8, 4) is 0 Å². The molecule has 1 saturated carbocycles. The van der Waals surface area contributed by atoms with Crippen LogP contribution in [0.15, 0.2) is 27.1 Å². The van der Waals surface area contributed by atoms with Crippen molar-refractivity contribution in [3.63, 3.8) is 0 Å². The molecule has 1 unspecified atom stereocenters. The van der Waals surface area contributed by atoms with Crippen LogP contribution in [0.5, 0.6) is 0 Å². The number of nitrogens with one attached hydrogen (secondary N) is 1. The lowest BCUT2D eigenvalue weighted by molar-refractivity contribution is -0.143. The Morgan fingerprint density at radius 2 is 1.86 bits per heavy atom. The third-order valence-electron chi connectivity index (χ3n) is 3.97. The topological polar surface area (TPSA) is 38.3 Å². The van der Waals surface area contributed by atoms with Crippen LogP contribution in [0.25, 0.3) is 0 Å². The molecule has 5 heteroatoms. The third-order valence-corrected chi connectivity index (χ3v) is 5.85. The van der Waals surface area contributed by atoms with Crippen LogP contribution < -0.4 is 5.32 Å². The van der Waals surface area contributed by atoms with Crippen molar-refractivity contribution in [2.75, 3.05) is 7.11 Å². The highest BCUT2D eigenvalue weighted by Gasteiger charge is 2.25. The lowest BCUT2D eigenvalue weighted by Crippen LogP contribution is -2.37. The summed E-state index contributed by atoms with van der Waals surface area (Å²) < 4.78 is 6.90. The van der Waals surface area contributed by atoms with Gasteiger partial charge in [0, 0.05) is 15.0 Å². The molecule has 21 heavy (non-hydrogen) atoms. The van der Waals surface area contributed by atoms with Gasteiger partial charge in [0.05, 0.1) is 7.11 Å². The number of carbonyl (C=O) groups is 1. The molecule has 0 saturated heterocycles. The maximum absolute atomic E-state index is 12.2. The van der Waals surface area contributed by atoms with Gasteiger partial charge in [0.1, 0.15) is 6.04 Å². The fourth-order valence-electron chi connectivity index (χ4n) is 2.79. The van der Waals surface area contributed by atoms with Gasteiger partial charge in [0.2, 0.25) is 0 Å². The Morgan fingerprint density at radius 3 is 2.43 bits per heavy atom. The number of rotatable bonds is 4. The fraction of sp³-hybridized carbons (Fsp3) is 0.562. The van der Waals surface area contributed by atoms with Gasteiger partial charge in [-0.25, -0.2) is 4.79 Å². The van der Waals surface area contributed by atoms with Gasteiger partial charge >= 0.3 is 5.97 Å². The molecule has 116 valence electrons. The highest BCUT2D eigenvalue weighted by molar-refractivity contribution is 9.13. The van der Waals surface area contributed by atoms with E-state index >= 15 is 0 Å². The predicted molar refractivity (Wildman–Crippen MR) is 91.2 cm³/mol. The van der Waals surface area contributed by atoms with E-state index in [0.717, 1.165) is 27.4 Å². The number of carbonyl (C=O) groups excluding carboxylic acids is 1. The minimum atomic E-state index is -0.400. The van der Waals surface area contributed by atoms with Crippen LogP contribution in [-0.4, -0.2) is 19.1 Å². The van der Waals surface area contributed by atoms with Crippen molar-refractivity contribution in [1.82, 2.24) is 5.32 Å². The summed E-state index contributed by atoms with van der Waals surface area (Å²) >= 11 is 6.95. The van der Waals surface area contributed by atoms with Gasteiger partial charge in [-0.05, 0) is 62.4 Å². The van der Waals surface area contributed by atoms with E-state index in [4.69, 9.17) is 4.74 Å². The number of halogens is 2. The second kappa shape index (κ2) is 8.30. The van der Waals surface area contributed by atoms with E-state index in [-0.39, 0.29) is 5.97 Å². The molecule has 0 heterocycles. The first kappa shape index (κ1) is 17.0. The summed E-state index contributed by atoms with van der Waals surface area (Å²) in [4.78, 5) is 12.2. The Morgan fingerprint density at radius 1 is 1.19 bits per heavy atom. The molecule has 1 aromatic rings. The molecule has 1 fully saturated rings. The molecule has 0 spiro atoms. The number of hydrogen-bond acceptors (Lipinski definition) is 3. The summed E-state index contributed by atoms with van der Waals surface area (Å²) in [5.41, 5.74) is 0.932. The third kappa shape index (κ3) is 4.80. The normalized spacial score (nSPS) is 18.0. The van der Waals surface area contributed by atoms with E-state index in [9.17, 15) is 4.79 Å². The molecule has 1 aliphatic rings. The summed E-state index contributed by atoms with van der Waals surface area (Å²) in [5, 5.41) is 3.50. The summed E-state index contributed by atoms with van der Waals surface area (Å²) in [7, 11) is 1.44. The summed E-state index contributed by atoms with van der Waals surface area (Å²) in [6.45, 7) is 0. The van der Waals surface area contributed by atoms with Gasteiger partial charge in [-0.3, -0.25) is 5.32 Å². The summed E-state index contributed by atoms with van der Waals surface area (Å²) in [6, 6.07) is 5.86. The van der Waals surface area contributed by atoms with Crippen molar-refractivity contribution in [3.05, 3.63) is 32.7 Å². The minimum absolute atomic E-state index is 0.228. The van der Waals surface area contributed by atoms with Crippen LogP contribution in [0.1, 0.15) is 50.1 Å². The molecule has 1 atom stereocenters. The Kier molecular flexibility index (Phi) is 6.71. The van der Waals surface area contributed by atoms with Crippen molar-refractivity contribution in [1.29, 1.82) is 0 Å². The second-order valence-corrected chi connectivity index (χ2v) is 7.19. The summed E-state index contributed by atoms with van der Waals surface area (Å²) in [5.74, 6) is -0.228. The molecule has 2 rings (SSSR count). The van der Waals surface area contributed by atoms with Gasteiger partial charge in [-0.2, -0.15) is 0 Å². The molecule has 1 N–H and O–H groups in total. The van der Waals surface area contributed by atoms with Gasteiger partial charge in [0.25, 0.3) is 0 Å². The first-order valence-electron chi connectivity index (χ1n) is 7.40. The van der Waals surface area contributed by atoms with Crippen molar-refractivity contribution in [2.24, 2.45) is 0 Å². The number of esters is 1. The van der Waals surface area contributed by atoms with Gasteiger partial charge in [-0.15, -0.1) is 0 Å². The zero-order valence-electron chi connectivity index (χ0n) is 12.2. The maximum Gasteiger partial charge on any atom is 0.327 e. The smallest absolute Gasteiger partial charge is 0.327 e. The van der Waals surface area contributed by atoms with Crippen molar-refractivity contribution in [2.45, 2.75) is 50.6 Å². The zero-order chi connectivity index (χ0) is 15.2. The Labute approximate surface area is 143 Å². The molecule has 0 amide bonds. The van der Waals surface area contributed by atoms with E-state index < -0.39 is 6.04 Å². The number of hydrogen-bond donors (Lipinski definition) is 1. The number of methoxy groups -OCH3 is 1. The van der Waals surface area contributed by atoms with E-state index in [1.165, 1.54) is 32.8 Å². The predicted octanol–water partition coefficient (Wildman–Crippen LogP) is 4.74. The van der Waals surface area contributed by atoms with Crippen molar-refractivity contribution < 1.29 is 9.53 Å². The monoisotopic (exact) mass is 417 g/mol. The molecule has 0 aliphatic heterocycles. The van der Waals surface area contributed by atoms with Crippen molar-refractivity contribution >= 4 is 37.8 Å². The zero-order valence-corrected chi connectivity index (χ0v) is 15.4. The van der Waals surface area contributed by atoms with Crippen LogP contribution >= 0.6 is 31.9 Å². The average molecular weight is 419 g/mol. The van der Waals surface area contributed by atoms with Gasteiger partial charge in [-0.1, -0.05) is 31.7 Å². The molecule has 0 radical (unpaired) electrons. The van der Waals surface area contributed by atoms with Crippen LogP contribution in [0.4, 0.5) is 0 Å². The first-order chi connectivity index (χ1) is 10.1. The number of ether oxygens (including phenoxy) is 1. The summed E-state index contributed by atoms with van der Waals surface area (Å²) in [6.07, 6.45) is 7.32. The standard InChI is InChI=1S/C16H21Br2NO2/c1-21-16(20)15(11-8-9-13(17)14(18)10-11)19-12-6-4-2-3-5-7-12/h8-10,12,15,19H,2-7H2,1H3. The Balaban J connectivity index is 2.17. The largest absolute Gasteiger partial charge is 0.468 e. The van der Waals surface area contributed by atoms with Crippen LogP contribution in [-0.2, 0) is 9.53 Å². The highest BCUT2D eigenvalue weighted by atomic mass is 79.9. The van der Waals surface area contributed by atoms with E-state index in [2.05, 4.69) is 37.2 Å². The van der Waals surface area contributed by atoms with Crippen LogP contribution in [0, 0.1) is 0 Å². The minimum Gasteiger partial charge on any atom is -0.468 e. The van der Waals surface area contributed by atoms with E-state index in [1.54, 1.807) is 0 Å². The molecule has 3 nitrogen and oxygen atoms in total. The molecule has 1 aromatic carbocycles. The lowest BCUT2D eigenvalue weighted by Gasteiger charge is -2.24. The molecule has 0 aromatic heterocycles. The van der Waals surface area contributed by atoms with Gasteiger partial charge < -0.3 is 4.74 Å². The Hall–Kier alpha value is -0.390. The number of benzene rings is 1. The lowest BCUT2D eigenvalue weighted by atomic mass is 10.0. The molecule has 0 bridgehead atoms. The molecule has 1 aliphatic carbocycles. The molecular formula is C16H21Br2NO2. The quantitative estimate of drug-likeness (QED) is 0.566. The molecular weight excluding hydrogens is 398 g/mol. The maximum atomic E-state index is 12.2. The van der Waals surface area contributed by atoms with E-state index in [1.807, 2.05) is 18.2 Å². The fourth-order valence-corrected chi connectivity index (χ4v) is 3.44. The van der Waals surface area contributed by atoms with Crippen LogP contribution in [0.3, 0.4) is 0 Å².